The van der Waals surface area contributed by atoms with Crippen LogP contribution in [0.3, 0.4) is 0 Å². The minimum absolute atomic E-state index is 0.256. The highest BCUT2D eigenvalue weighted by atomic mass is 32.1. The summed E-state index contributed by atoms with van der Waals surface area (Å²) in [6.07, 6.45) is 0. The molecule has 0 aliphatic heterocycles. The topological polar surface area (TPSA) is 67.2 Å². The number of carbonyl (C=O) groups excluding carboxylic acids is 1. The molecule has 5 heteroatoms. The van der Waals surface area contributed by atoms with Crippen LogP contribution >= 0.6 is 12.2 Å². The van der Waals surface area contributed by atoms with Gasteiger partial charge < -0.3 is 16.4 Å². The van der Waals surface area contributed by atoms with E-state index in [0.29, 0.717) is 10.7 Å². The highest BCUT2D eigenvalue weighted by Crippen LogP contribution is 2.08. The molecule has 1 aromatic rings. The largest absolute Gasteiger partial charge is 0.389 e. The molecule has 4 N–H and O–H groups in total. The number of rotatable bonds is 2. The summed E-state index contributed by atoms with van der Waals surface area (Å²) in [5.41, 5.74) is 6.90. The second kappa shape index (κ2) is 4.57. The van der Waals surface area contributed by atoms with Gasteiger partial charge in [0.15, 0.2) is 0 Å². The summed E-state index contributed by atoms with van der Waals surface area (Å²) < 4.78 is 0. The van der Waals surface area contributed by atoms with Gasteiger partial charge >= 0.3 is 6.03 Å². The molecule has 0 spiro atoms. The first-order valence-electron chi connectivity index (χ1n) is 4.02. The number of carbonyl (C=O) groups is 1. The summed E-state index contributed by atoms with van der Waals surface area (Å²) in [7, 11) is 1.55. The molecule has 0 aliphatic rings. The number of anilines is 1. The van der Waals surface area contributed by atoms with Crippen LogP contribution in [0.1, 0.15) is 5.56 Å². The summed E-state index contributed by atoms with van der Waals surface area (Å²) in [6, 6.07) is 6.74. The minimum Gasteiger partial charge on any atom is -0.389 e. The van der Waals surface area contributed by atoms with Gasteiger partial charge in [-0.2, -0.15) is 0 Å². The number of urea groups is 1. The second-order valence-corrected chi connectivity index (χ2v) is 3.09. The molecule has 0 aliphatic carbocycles. The summed E-state index contributed by atoms with van der Waals surface area (Å²) in [6.45, 7) is 0. The van der Waals surface area contributed by atoms with E-state index in [2.05, 4.69) is 10.6 Å². The van der Waals surface area contributed by atoms with Crippen molar-refractivity contribution < 1.29 is 4.79 Å². The minimum atomic E-state index is -0.256. The molecule has 0 saturated heterocycles. The lowest BCUT2D eigenvalue weighted by atomic mass is 10.2. The molecule has 0 unspecified atom stereocenters. The molecule has 0 bridgehead atoms. The molecule has 0 fully saturated rings. The van der Waals surface area contributed by atoms with Crippen molar-refractivity contribution in [3.05, 3.63) is 29.8 Å². The zero-order valence-electron chi connectivity index (χ0n) is 7.70. The molecule has 1 aromatic carbocycles. The zero-order valence-corrected chi connectivity index (χ0v) is 8.52. The highest BCUT2D eigenvalue weighted by molar-refractivity contribution is 7.80. The Kier molecular flexibility index (Phi) is 3.41. The van der Waals surface area contributed by atoms with Gasteiger partial charge in [0.05, 0.1) is 0 Å². The van der Waals surface area contributed by atoms with E-state index < -0.39 is 0 Å². The van der Waals surface area contributed by atoms with Crippen molar-refractivity contribution in [1.82, 2.24) is 5.32 Å². The molecule has 0 atom stereocenters. The Morgan fingerprint density at radius 2 is 1.93 bits per heavy atom. The fourth-order valence-electron chi connectivity index (χ4n) is 0.911. The van der Waals surface area contributed by atoms with Crippen molar-refractivity contribution in [1.29, 1.82) is 0 Å². The van der Waals surface area contributed by atoms with Crippen LogP contribution in [-0.4, -0.2) is 18.1 Å². The highest BCUT2D eigenvalue weighted by Gasteiger charge is 1.99. The third-order valence-corrected chi connectivity index (χ3v) is 1.89. The molecule has 1 rings (SSSR count). The van der Waals surface area contributed by atoms with Crippen molar-refractivity contribution >= 4 is 28.9 Å². The van der Waals surface area contributed by atoms with E-state index in [1.54, 1.807) is 31.3 Å². The van der Waals surface area contributed by atoms with E-state index in [4.69, 9.17) is 18.0 Å². The molecule has 0 radical (unpaired) electrons. The molecule has 74 valence electrons. The molecule has 0 saturated carbocycles. The van der Waals surface area contributed by atoms with Crippen LogP contribution in [0.4, 0.5) is 10.5 Å². The van der Waals surface area contributed by atoms with Gasteiger partial charge in [0.25, 0.3) is 0 Å². The molecular formula is C9H11N3OS. The van der Waals surface area contributed by atoms with Crippen molar-refractivity contribution in [2.45, 2.75) is 0 Å². The quantitative estimate of drug-likeness (QED) is 0.638. The van der Waals surface area contributed by atoms with Gasteiger partial charge in [-0.15, -0.1) is 0 Å². The predicted molar refractivity (Wildman–Crippen MR) is 60.4 cm³/mol. The first-order chi connectivity index (χ1) is 6.63. The number of benzene rings is 1. The van der Waals surface area contributed by atoms with E-state index in [1.807, 2.05) is 0 Å². The van der Waals surface area contributed by atoms with Crippen LogP contribution in [0, 0.1) is 0 Å². The van der Waals surface area contributed by atoms with E-state index in [9.17, 15) is 4.79 Å². The summed E-state index contributed by atoms with van der Waals surface area (Å²) in [4.78, 5) is 11.3. The Labute approximate surface area is 87.5 Å². The summed E-state index contributed by atoms with van der Waals surface area (Å²) >= 11 is 4.79. The monoisotopic (exact) mass is 209 g/mol. The Morgan fingerprint density at radius 1 is 1.36 bits per heavy atom. The third kappa shape index (κ3) is 2.70. The Balaban J connectivity index is 2.73. The van der Waals surface area contributed by atoms with Gasteiger partial charge in [-0.05, 0) is 24.3 Å². The van der Waals surface area contributed by atoms with E-state index in [1.165, 1.54) is 0 Å². The Morgan fingerprint density at radius 3 is 2.36 bits per heavy atom. The second-order valence-electron chi connectivity index (χ2n) is 2.65. The van der Waals surface area contributed by atoms with Crippen molar-refractivity contribution in [3.8, 4) is 0 Å². The zero-order chi connectivity index (χ0) is 10.6. The van der Waals surface area contributed by atoms with E-state index >= 15 is 0 Å². The molecule has 4 nitrogen and oxygen atoms in total. The predicted octanol–water partition coefficient (Wildman–Crippen LogP) is 1.07. The maximum Gasteiger partial charge on any atom is 0.318 e. The lowest BCUT2D eigenvalue weighted by Gasteiger charge is -2.04. The first-order valence-corrected chi connectivity index (χ1v) is 4.43. The molecule has 2 amide bonds. The molecule has 14 heavy (non-hydrogen) atoms. The Hall–Kier alpha value is -1.62. The molecular weight excluding hydrogens is 198 g/mol. The van der Waals surface area contributed by atoms with Crippen molar-refractivity contribution in [2.24, 2.45) is 5.73 Å². The standard InChI is InChI=1S/C9H11N3OS/c1-11-9(13)12-7-4-2-6(3-5-7)8(10)14/h2-5H,1H3,(H2,10,14)(H2,11,12,13). The lowest BCUT2D eigenvalue weighted by Crippen LogP contribution is -2.24. The summed E-state index contributed by atoms with van der Waals surface area (Å²) in [5, 5.41) is 5.07. The van der Waals surface area contributed by atoms with Crippen LogP contribution in [0.25, 0.3) is 0 Å². The van der Waals surface area contributed by atoms with Crippen LogP contribution in [0.5, 0.6) is 0 Å². The van der Waals surface area contributed by atoms with Gasteiger partial charge in [-0.3, -0.25) is 0 Å². The first kappa shape index (κ1) is 10.5. The van der Waals surface area contributed by atoms with Gasteiger partial charge in [-0.25, -0.2) is 4.79 Å². The number of nitrogens with two attached hydrogens (primary N) is 1. The smallest absolute Gasteiger partial charge is 0.318 e. The van der Waals surface area contributed by atoms with E-state index in [-0.39, 0.29) is 6.03 Å². The van der Waals surface area contributed by atoms with Crippen LogP contribution in [-0.2, 0) is 0 Å². The van der Waals surface area contributed by atoms with Crippen molar-refractivity contribution in [3.63, 3.8) is 0 Å². The van der Waals surface area contributed by atoms with Gasteiger partial charge in [0.1, 0.15) is 4.99 Å². The lowest BCUT2D eigenvalue weighted by molar-refractivity contribution is 0.254. The average Bonchev–Trinajstić information content (AvgIpc) is 2.18. The number of amides is 2. The number of hydrogen-bond acceptors (Lipinski definition) is 2. The van der Waals surface area contributed by atoms with Crippen LogP contribution in [0.15, 0.2) is 24.3 Å². The maximum absolute atomic E-state index is 10.9. The fraction of sp³-hybridized carbons (Fsp3) is 0.111. The van der Waals surface area contributed by atoms with Gasteiger partial charge in [-0.1, -0.05) is 12.2 Å². The molecule has 0 aromatic heterocycles. The number of hydrogen-bond donors (Lipinski definition) is 3. The van der Waals surface area contributed by atoms with E-state index in [0.717, 1.165) is 5.56 Å². The average molecular weight is 209 g/mol. The Bertz CT molecular complexity index is 348. The molecule has 0 heterocycles. The third-order valence-electron chi connectivity index (χ3n) is 1.65. The maximum atomic E-state index is 10.9. The number of thiocarbonyl (C=S) groups is 1. The van der Waals surface area contributed by atoms with Gasteiger partial charge in [0, 0.05) is 18.3 Å². The van der Waals surface area contributed by atoms with Crippen LogP contribution < -0.4 is 16.4 Å². The SMILES string of the molecule is CNC(=O)Nc1ccc(C(N)=S)cc1. The van der Waals surface area contributed by atoms with Crippen molar-refractivity contribution in [2.75, 3.05) is 12.4 Å². The summed E-state index contributed by atoms with van der Waals surface area (Å²) in [5.74, 6) is 0. The fourth-order valence-corrected chi connectivity index (χ4v) is 1.05. The normalized spacial score (nSPS) is 9.21. The van der Waals surface area contributed by atoms with Gasteiger partial charge in [0.2, 0.25) is 0 Å². The number of nitrogens with one attached hydrogen (secondary N) is 2. The van der Waals surface area contributed by atoms with Crippen LogP contribution in [0.2, 0.25) is 0 Å².